The number of pyridine rings is 2. The summed E-state index contributed by atoms with van der Waals surface area (Å²) < 4.78 is 29.9. The number of halogens is 2. The molecule has 10 heteroatoms. The maximum absolute atomic E-state index is 14.0. The van der Waals surface area contributed by atoms with Crippen molar-refractivity contribution in [3.63, 3.8) is 0 Å². The molecule has 1 saturated heterocycles. The van der Waals surface area contributed by atoms with E-state index in [-0.39, 0.29) is 24.9 Å². The molecule has 1 fully saturated rings. The van der Waals surface area contributed by atoms with Gasteiger partial charge >= 0.3 is 0 Å². The predicted octanol–water partition coefficient (Wildman–Crippen LogP) is 6.21. The maximum Gasteiger partial charge on any atom is 0.266 e. The number of aromatic nitrogens is 5. The van der Waals surface area contributed by atoms with E-state index in [4.69, 9.17) is 4.98 Å². The first-order valence-corrected chi connectivity index (χ1v) is 13.6. The zero-order valence-electron chi connectivity index (χ0n) is 19.8. The molecule has 1 aliphatic rings. The highest BCUT2D eigenvalue weighted by molar-refractivity contribution is 8.76. The van der Waals surface area contributed by atoms with E-state index in [0.717, 1.165) is 21.2 Å². The van der Waals surface area contributed by atoms with Gasteiger partial charge in [-0.15, -0.1) is 5.10 Å². The molecule has 4 heterocycles. The van der Waals surface area contributed by atoms with Gasteiger partial charge < -0.3 is 4.90 Å². The van der Waals surface area contributed by atoms with E-state index < -0.39 is 5.92 Å². The van der Waals surface area contributed by atoms with Crippen LogP contribution in [0.25, 0.3) is 11.2 Å². The zero-order chi connectivity index (χ0) is 24.6. The second-order valence-corrected chi connectivity index (χ2v) is 11.9. The summed E-state index contributed by atoms with van der Waals surface area (Å²) in [6.07, 6.45) is 1.62. The summed E-state index contributed by atoms with van der Waals surface area (Å²) in [6.45, 7) is 6.65. The van der Waals surface area contributed by atoms with Crippen LogP contribution in [0.5, 0.6) is 0 Å². The molecule has 0 amide bonds. The molecule has 0 saturated carbocycles. The largest absolute Gasteiger partial charge is 0.363 e. The number of anilines is 1. The van der Waals surface area contributed by atoms with E-state index in [1.54, 1.807) is 37.4 Å². The number of rotatable bonds is 6. The second kappa shape index (κ2) is 9.39. The van der Waals surface area contributed by atoms with Gasteiger partial charge in [-0.1, -0.05) is 61.0 Å². The van der Waals surface area contributed by atoms with Gasteiger partial charge in [-0.25, -0.2) is 23.4 Å². The molecule has 1 aromatic carbocycles. The molecule has 0 spiro atoms. The Labute approximate surface area is 210 Å². The molecule has 0 radical (unpaired) electrons. The van der Waals surface area contributed by atoms with Crippen molar-refractivity contribution in [2.45, 2.75) is 55.0 Å². The van der Waals surface area contributed by atoms with E-state index in [1.807, 2.05) is 36.4 Å². The molecule has 5 rings (SSSR count). The van der Waals surface area contributed by atoms with Crippen LogP contribution in [0.15, 0.2) is 64.6 Å². The van der Waals surface area contributed by atoms with Crippen LogP contribution in [0.2, 0.25) is 0 Å². The quantitative estimate of drug-likeness (QED) is 0.285. The highest BCUT2D eigenvalue weighted by Gasteiger charge is 2.39. The van der Waals surface area contributed by atoms with Gasteiger partial charge in [0.25, 0.3) is 5.92 Å². The lowest BCUT2D eigenvalue weighted by Crippen LogP contribution is -2.26. The molecule has 4 aromatic rings. The van der Waals surface area contributed by atoms with Crippen molar-refractivity contribution < 1.29 is 8.78 Å². The summed E-state index contributed by atoms with van der Waals surface area (Å²) in [6, 6.07) is 15.9. The minimum absolute atomic E-state index is 0.158. The highest BCUT2D eigenvalue weighted by Crippen LogP contribution is 2.39. The number of alkyl halides is 2. The van der Waals surface area contributed by atoms with Crippen LogP contribution in [-0.2, 0) is 12.0 Å². The van der Waals surface area contributed by atoms with E-state index in [2.05, 4.69) is 48.2 Å². The number of nitrogens with zero attached hydrogens (tertiary/aromatic N) is 6. The first-order valence-electron chi connectivity index (χ1n) is 11.4. The van der Waals surface area contributed by atoms with Crippen LogP contribution in [0, 0.1) is 0 Å². The molecule has 0 unspecified atom stereocenters. The summed E-state index contributed by atoms with van der Waals surface area (Å²) in [7, 11) is 3.23. The molecular weight excluding hydrogens is 486 g/mol. The molecule has 0 N–H and O–H groups in total. The monoisotopic (exact) mass is 512 g/mol. The standard InChI is InChI=1S/C25H26F2N6S2/c1-24(2,3)20-14-18(32-13-11-25(26,27)16-32)22-23(29-20)33(31-30-22)15-17-8-4-5-9-19(17)34-35-21-10-6-7-12-28-21/h4-10,12,14H,11,13,15-16H2,1-3H3. The predicted molar refractivity (Wildman–Crippen MR) is 137 cm³/mol. The van der Waals surface area contributed by atoms with Crippen molar-refractivity contribution in [2.75, 3.05) is 18.0 Å². The average molecular weight is 513 g/mol. The van der Waals surface area contributed by atoms with Gasteiger partial charge in [0.05, 0.1) is 24.5 Å². The molecule has 6 nitrogen and oxygen atoms in total. The summed E-state index contributed by atoms with van der Waals surface area (Å²) in [4.78, 5) is 12.1. The van der Waals surface area contributed by atoms with E-state index >= 15 is 0 Å². The van der Waals surface area contributed by atoms with Gasteiger partial charge in [0.2, 0.25) is 0 Å². The van der Waals surface area contributed by atoms with Crippen molar-refractivity contribution in [2.24, 2.45) is 0 Å². The fourth-order valence-corrected chi connectivity index (χ4v) is 6.06. The first-order chi connectivity index (χ1) is 16.7. The number of fused-ring (bicyclic) bond motifs is 1. The van der Waals surface area contributed by atoms with Crippen LogP contribution >= 0.6 is 21.6 Å². The van der Waals surface area contributed by atoms with Crippen LogP contribution in [0.3, 0.4) is 0 Å². The maximum atomic E-state index is 14.0. The van der Waals surface area contributed by atoms with Crippen LogP contribution in [0.1, 0.15) is 38.4 Å². The van der Waals surface area contributed by atoms with Gasteiger partial charge in [0.15, 0.2) is 11.2 Å². The third kappa shape index (κ3) is 5.28. The lowest BCUT2D eigenvalue weighted by Gasteiger charge is -2.23. The fraction of sp³-hybridized carbons (Fsp3) is 0.360. The van der Waals surface area contributed by atoms with Gasteiger partial charge in [-0.3, -0.25) is 0 Å². The van der Waals surface area contributed by atoms with Crippen molar-refractivity contribution in [3.05, 3.63) is 66.0 Å². The Balaban J connectivity index is 1.50. The number of benzene rings is 1. The van der Waals surface area contributed by atoms with Gasteiger partial charge in [0.1, 0.15) is 5.03 Å². The van der Waals surface area contributed by atoms with Gasteiger partial charge in [0, 0.05) is 29.5 Å². The fourth-order valence-electron chi connectivity index (χ4n) is 3.96. The van der Waals surface area contributed by atoms with Crippen LogP contribution < -0.4 is 4.90 Å². The molecule has 0 aliphatic carbocycles. The lowest BCUT2D eigenvalue weighted by molar-refractivity contribution is 0.0257. The molecule has 182 valence electrons. The molecular formula is C25H26F2N6S2. The average Bonchev–Trinajstić information content (AvgIpc) is 3.40. The van der Waals surface area contributed by atoms with Crippen molar-refractivity contribution >= 4 is 38.4 Å². The van der Waals surface area contributed by atoms with Crippen molar-refractivity contribution in [3.8, 4) is 0 Å². The SMILES string of the molecule is CC(C)(C)c1cc(N2CCC(F)(F)C2)c2nnn(Cc3ccccc3SSc3ccccn3)c2n1. The molecule has 1 aliphatic heterocycles. The van der Waals surface area contributed by atoms with Crippen molar-refractivity contribution in [1.82, 2.24) is 25.0 Å². The smallest absolute Gasteiger partial charge is 0.266 e. The Morgan fingerprint density at radius 2 is 1.86 bits per heavy atom. The van der Waals surface area contributed by atoms with E-state index in [1.165, 1.54) is 0 Å². The topological polar surface area (TPSA) is 59.7 Å². The van der Waals surface area contributed by atoms with Crippen molar-refractivity contribution in [1.29, 1.82) is 0 Å². The van der Waals surface area contributed by atoms with E-state index in [9.17, 15) is 8.78 Å². The van der Waals surface area contributed by atoms with Gasteiger partial charge in [-0.2, -0.15) is 0 Å². The molecule has 0 bridgehead atoms. The number of hydrogen-bond donors (Lipinski definition) is 0. The third-order valence-electron chi connectivity index (χ3n) is 5.88. The molecule has 0 atom stereocenters. The Morgan fingerprint density at radius 3 is 2.57 bits per heavy atom. The molecule has 3 aromatic heterocycles. The van der Waals surface area contributed by atoms with Crippen LogP contribution in [0.4, 0.5) is 14.5 Å². The normalized spacial score (nSPS) is 15.7. The Morgan fingerprint density at radius 1 is 1.06 bits per heavy atom. The summed E-state index contributed by atoms with van der Waals surface area (Å²) in [5, 5.41) is 9.73. The number of hydrogen-bond acceptors (Lipinski definition) is 7. The van der Waals surface area contributed by atoms with E-state index in [0.29, 0.717) is 23.4 Å². The van der Waals surface area contributed by atoms with Gasteiger partial charge in [-0.05, 0) is 40.6 Å². The zero-order valence-corrected chi connectivity index (χ0v) is 21.4. The Bertz CT molecular complexity index is 1340. The Hall–Kier alpha value is -2.72. The minimum Gasteiger partial charge on any atom is -0.363 e. The summed E-state index contributed by atoms with van der Waals surface area (Å²) in [5.41, 5.74) is 3.49. The molecule has 35 heavy (non-hydrogen) atoms. The van der Waals surface area contributed by atoms with Crippen LogP contribution in [-0.4, -0.2) is 44.0 Å². The second-order valence-electron chi connectivity index (χ2n) is 9.67. The minimum atomic E-state index is -2.70. The summed E-state index contributed by atoms with van der Waals surface area (Å²) >= 11 is 0. The Kier molecular flexibility index (Phi) is 6.43. The third-order valence-corrected chi connectivity index (χ3v) is 8.25. The highest BCUT2D eigenvalue weighted by atomic mass is 33.1. The summed E-state index contributed by atoms with van der Waals surface area (Å²) in [5.74, 6) is -2.70. The lowest BCUT2D eigenvalue weighted by atomic mass is 9.91. The first kappa shape index (κ1) is 24.0.